The van der Waals surface area contributed by atoms with E-state index < -0.39 is 110 Å². The molecule has 2 aliphatic rings. The Morgan fingerprint density at radius 2 is 1.50 bits per heavy atom. The maximum absolute atomic E-state index is 13.5. The van der Waals surface area contributed by atoms with Crippen LogP contribution in [0.3, 0.4) is 0 Å². The highest BCUT2D eigenvalue weighted by Crippen LogP contribution is 2.41. The van der Waals surface area contributed by atoms with E-state index in [0.29, 0.717) is 77.8 Å². The van der Waals surface area contributed by atoms with E-state index in [9.17, 15) is 55.2 Å². The lowest BCUT2D eigenvalue weighted by atomic mass is 10.0. The van der Waals surface area contributed by atoms with Crippen molar-refractivity contribution in [2.45, 2.75) is 120 Å². The Labute approximate surface area is 457 Å². The van der Waals surface area contributed by atoms with E-state index in [1.165, 1.54) is 29.6 Å². The number of nitrogens with one attached hydrogen (secondary N) is 4. The first-order valence-electron chi connectivity index (χ1n) is 25.3. The molecule has 0 fully saturated rings. The Hall–Kier alpha value is -6.36. The van der Waals surface area contributed by atoms with E-state index in [1.54, 1.807) is 26.0 Å². The van der Waals surface area contributed by atoms with Crippen LogP contribution in [0.1, 0.15) is 112 Å². The average Bonchev–Trinajstić information content (AvgIpc) is 4.16. The number of fused-ring (bicyclic) bond motifs is 2. The maximum Gasteiger partial charge on any atom is 0.347 e. The summed E-state index contributed by atoms with van der Waals surface area (Å²) in [4.78, 5) is 109. The molecule has 0 spiro atoms. The normalized spacial score (nSPS) is 17.0. The first-order chi connectivity index (χ1) is 36.8. The van der Waals surface area contributed by atoms with Crippen molar-refractivity contribution in [1.29, 1.82) is 0 Å². The fourth-order valence-electron chi connectivity index (χ4n) is 8.27. The van der Waals surface area contributed by atoms with Gasteiger partial charge >= 0.3 is 29.8 Å². The number of carbonyl (C=O) groups excluding carboxylic acids is 8. The van der Waals surface area contributed by atoms with E-state index in [1.807, 2.05) is 20.8 Å². The number of sulfone groups is 1. The highest BCUT2D eigenvalue weighted by Gasteiger charge is 2.41. The third-order valence-corrected chi connectivity index (χ3v) is 18.4. The minimum Gasteiger partial charge on any atom is -0.452 e. The number of aryl methyl sites for hydroxylation is 1. The molecule has 0 saturated heterocycles. The lowest BCUT2D eigenvalue weighted by Gasteiger charge is -2.32. The Bertz CT molecular complexity index is 3020. The Morgan fingerprint density at radius 1 is 0.885 bits per heavy atom. The van der Waals surface area contributed by atoms with Gasteiger partial charge in [-0.25, -0.2) is 31.2 Å². The second-order valence-electron chi connectivity index (χ2n) is 18.4. The minimum absolute atomic E-state index is 0.0568. The van der Waals surface area contributed by atoms with Crippen LogP contribution >= 0.6 is 11.3 Å². The van der Waals surface area contributed by atoms with Crippen molar-refractivity contribution in [2.24, 2.45) is 0 Å². The maximum atomic E-state index is 13.5. The molecule has 0 unspecified atom stereocenters. The Kier molecular flexibility index (Phi) is 22.0. The van der Waals surface area contributed by atoms with E-state index in [4.69, 9.17) is 28.4 Å². The van der Waals surface area contributed by atoms with Crippen molar-refractivity contribution in [3.05, 3.63) is 57.9 Å². The summed E-state index contributed by atoms with van der Waals surface area (Å²) in [5.41, 5.74) is 3.64. The molecule has 3 aromatic rings. The van der Waals surface area contributed by atoms with Crippen LogP contribution in [0.15, 0.2) is 32.7 Å². The summed E-state index contributed by atoms with van der Waals surface area (Å²) in [6.45, 7) is 17.7. The van der Waals surface area contributed by atoms with Gasteiger partial charge in [0, 0.05) is 74.1 Å². The van der Waals surface area contributed by atoms with Gasteiger partial charge in [0.15, 0.2) is 40.0 Å². The number of carbonyl (C=O) groups is 8. The molecule has 24 nitrogen and oxygen atoms in total. The Balaban J connectivity index is 1.06. The molecule has 2 amide bonds. The summed E-state index contributed by atoms with van der Waals surface area (Å²) in [5.74, 6) is -8.32. The van der Waals surface area contributed by atoms with Crippen LogP contribution in [-0.2, 0) is 77.1 Å². The molecule has 5 atom stereocenters. The third-order valence-electron chi connectivity index (χ3n) is 12.7. The number of H-pyrrole nitrogens is 1. The molecule has 0 bridgehead atoms. The van der Waals surface area contributed by atoms with Crippen LogP contribution < -0.4 is 20.7 Å². The number of likely N-dealkylation sites (N-methyl/N-ethyl adjacent to an activating group) is 2. The number of aromatic nitrogens is 1. The van der Waals surface area contributed by atoms with E-state index in [-0.39, 0.29) is 44.3 Å². The van der Waals surface area contributed by atoms with Gasteiger partial charge < -0.3 is 54.3 Å². The number of sulfonamides is 1. The first kappa shape index (κ1) is 62.5. The van der Waals surface area contributed by atoms with Crippen molar-refractivity contribution in [2.75, 3.05) is 70.6 Å². The number of benzene rings is 1. The molecule has 1 aromatic carbocycles. The van der Waals surface area contributed by atoms with Crippen LogP contribution in [0.4, 0.5) is 5.69 Å². The summed E-state index contributed by atoms with van der Waals surface area (Å²) in [6.07, 6.45) is -5.56. The second kappa shape index (κ2) is 27.5. The quantitative estimate of drug-likeness (QED) is 0.0266. The summed E-state index contributed by atoms with van der Waals surface area (Å²) >= 11 is 0.520. The smallest absolute Gasteiger partial charge is 0.347 e. The fourth-order valence-corrected chi connectivity index (χ4v) is 13.6. The van der Waals surface area contributed by atoms with Gasteiger partial charge in [0.2, 0.25) is 0 Å². The SMILES string of the molecule is CCN[C@H]1CN(CCCOC)S(=O)(=O)c2sc(S(=O)(=O)CC(=O)[C@H](C)OC(=O)[C@@H](C)OC(=O)[C@@H](C)OC(=O)[C@@H](C)OC(=O)CCC(=O)Oc3ccc4c(c3)/C(=C/c3[nH]c(C)c(C(=O)NCCN(CC)CC)c3C)C(=O)N4)cc21. The molecule has 0 saturated carbocycles. The van der Waals surface area contributed by atoms with Crippen LogP contribution in [-0.4, -0.2) is 168 Å². The lowest BCUT2D eigenvalue weighted by Crippen LogP contribution is -2.43. The highest BCUT2D eigenvalue weighted by molar-refractivity contribution is 7.95. The summed E-state index contributed by atoms with van der Waals surface area (Å²) in [7, 11) is -7.01. The molecule has 5 rings (SSSR count). The number of anilines is 1. The fraction of sp³-hybridized carbons (Fsp3) is 0.529. The largest absolute Gasteiger partial charge is 0.452 e. The molecular weight excluding hydrogens is 1080 g/mol. The number of methoxy groups -OCH3 is 1. The van der Waals surface area contributed by atoms with Gasteiger partial charge in [-0.15, -0.1) is 11.3 Å². The van der Waals surface area contributed by atoms with Crippen molar-refractivity contribution >= 4 is 96.0 Å². The third kappa shape index (κ3) is 15.7. The van der Waals surface area contributed by atoms with Gasteiger partial charge in [0.05, 0.1) is 24.0 Å². The molecule has 0 aliphatic carbocycles. The van der Waals surface area contributed by atoms with Gasteiger partial charge in [0.25, 0.3) is 21.8 Å². The molecule has 2 aromatic heterocycles. The van der Waals surface area contributed by atoms with Gasteiger partial charge in [-0.1, -0.05) is 20.8 Å². The predicted octanol–water partition coefficient (Wildman–Crippen LogP) is 3.40. The van der Waals surface area contributed by atoms with Crippen LogP contribution in [0.25, 0.3) is 11.6 Å². The zero-order valence-corrected chi connectivity index (χ0v) is 47.7. The van der Waals surface area contributed by atoms with Gasteiger partial charge in [-0.05, 0) is 104 Å². The van der Waals surface area contributed by atoms with Crippen molar-refractivity contribution < 1.29 is 83.6 Å². The molecule has 78 heavy (non-hydrogen) atoms. The summed E-state index contributed by atoms with van der Waals surface area (Å²) < 4.78 is 85.4. The summed E-state index contributed by atoms with van der Waals surface area (Å²) in [5, 5.41) is 8.89. The number of aromatic amines is 1. The minimum atomic E-state index is -4.44. The van der Waals surface area contributed by atoms with Gasteiger partial charge in [0.1, 0.15) is 19.9 Å². The number of rotatable bonds is 28. The van der Waals surface area contributed by atoms with Gasteiger partial charge in [-0.2, -0.15) is 4.31 Å². The molecule has 0 radical (unpaired) electrons. The second-order valence-corrected chi connectivity index (χ2v) is 23.8. The molecule has 428 valence electrons. The number of thiophene rings is 1. The predicted molar refractivity (Wildman–Crippen MR) is 283 cm³/mol. The number of nitrogens with zero attached hydrogens (tertiary/aromatic N) is 2. The molecule has 2 aliphatic heterocycles. The molecular formula is C51H68N6O18S3. The van der Waals surface area contributed by atoms with Crippen LogP contribution in [0.5, 0.6) is 5.75 Å². The van der Waals surface area contributed by atoms with Crippen molar-refractivity contribution in [1.82, 2.24) is 24.8 Å². The van der Waals surface area contributed by atoms with Crippen molar-refractivity contribution in [3.63, 3.8) is 0 Å². The number of Topliss-reactive ketones (excluding diaryl/α,β-unsaturated/α-hetero) is 1. The van der Waals surface area contributed by atoms with E-state index >= 15 is 0 Å². The monoisotopic (exact) mass is 1150 g/mol. The number of ketones is 1. The lowest BCUT2D eigenvalue weighted by molar-refractivity contribution is -0.183. The molecule has 4 heterocycles. The number of esters is 5. The van der Waals surface area contributed by atoms with Crippen molar-refractivity contribution in [3.8, 4) is 5.75 Å². The van der Waals surface area contributed by atoms with Crippen LogP contribution in [0.2, 0.25) is 0 Å². The van der Waals surface area contributed by atoms with E-state index in [2.05, 4.69) is 25.8 Å². The topological polar surface area (TPSA) is 319 Å². The molecule has 4 N–H and O–H groups in total. The summed E-state index contributed by atoms with van der Waals surface area (Å²) in [6, 6.07) is 5.18. The number of ether oxygens (including phenoxy) is 6. The average molecular weight is 1150 g/mol. The number of amides is 2. The van der Waals surface area contributed by atoms with Gasteiger partial charge in [-0.3, -0.25) is 24.0 Å². The molecule has 27 heteroatoms. The van der Waals surface area contributed by atoms with Crippen LogP contribution in [0, 0.1) is 13.8 Å². The zero-order valence-electron chi connectivity index (χ0n) is 45.2. The highest BCUT2D eigenvalue weighted by atomic mass is 32.3. The zero-order chi connectivity index (χ0) is 57.8. The number of hydrogen-bond acceptors (Lipinski definition) is 21. The first-order valence-corrected chi connectivity index (χ1v) is 29.2. The standard InChI is InChI=1S/C51H68N6O18S3/c1-11-52-40-26-57(20-14-22-70-10)78(68,69)51-37(40)25-44(76-51)77(66,67)27-41(58)30(6)72-49(64)32(8)74-50(65)33(9)73-48(63)31(7)71-42(59)17-18-43(60)75-34-15-16-38-35(23-34)36(46(61)55-38)24-39-28(4)45(29(5)54-39)47(62)53-19-21-56(12-2)13-3/h15-16,23-25,30-33,40,52,54H,11-14,17-22,26-27H2,1-10H3,(H,53,62)(H,55,61)/b36-24-/t30-,31+,32+,33+,40-/m0/s1. The number of hydrogen-bond donors (Lipinski definition) is 4. The van der Waals surface area contributed by atoms with E-state index in [0.717, 1.165) is 40.8 Å². The Morgan fingerprint density at radius 3 is 2.12 bits per heavy atom.